The van der Waals surface area contributed by atoms with Gasteiger partial charge in [0.25, 0.3) is 0 Å². The number of benzene rings is 3. The second-order valence-corrected chi connectivity index (χ2v) is 8.55. The van der Waals surface area contributed by atoms with E-state index < -0.39 is 6.04 Å². The molecule has 0 aliphatic carbocycles. The highest BCUT2D eigenvalue weighted by Crippen LogP contribution is 2.29. The van der Waals surface area contributed by atoms with Crippen molar-refractivity contribution in [1.29, 1.82) is 0 Å². The van der Waals surface area contributed by atoms with Gasteiger partial charge < -0.3 is 10.2 Å². The van der Waals surface area contributed by atoms with Gasteiger partial charge >= 0.3 is 0 Å². The molecule has 3 rings (SSSR count). The Morgan fingerprint density at radius 1 is 0.882 bits per heavy atom. The maximum Gasteiger partial charge on any atom is 0.242 e. The second kappa shape index (κ2) is 12.7. The average molecular weight is 461 g/mol. The van der Waals surface area contributed by atoms with Crippen molar-refractivity contribution in [3.05, 3.63) is 107 Å². The first-order chi connectivity index (χ1) is 16.5. The molecule has 1 atom stereocenters. The molecule has 3 aromatic rings. The lowest BCUT2D eigenvalue weighted by atomic mass is 9.88. The molecule has 3 aromatic carbocycles. The van der Waals surface area contributed by atoms with Crippen LogP contribution in [0.4, 0.5) is 4.39 Å². The Labute approximate surface area is 201 Å². The SMILES string of the molecule is CCCCNC(=O)C(C)N(Cc1ccc(F)cc1)C(=O)CC(c1ccccc1)c1ccccc1. The highest BCUT2D eigenvalue weighted by atomic mass is 19.1. The van der Waals surface area contributed by atoms with Gasteiger partial charge in [0, 0.05) is 25.4 Å². The topological polar surface area (TPSA) is 49.4 Å². The standard InChI is InChI=1S/C29H33FN2O2/c1-3-4-19-31-29(34)22(2)32(21-23-15-17-26(30)18-16-23)28(33)20-27(24-11-7-5-8-12-24)25-13-9-6-10-14-25/h5-18,22,27H,3-4,19-21H2,1-2H3,(H,31,34). The second-order valence-electron chi connectivity index (χ2n) is 8.55. The summed E-state index contributed by atoms with van der Waals surface area (Å²) in [5.74, 6) is -0.777. The molecular formula is C29H33FN2O2. The maximum absolute atomic E-state index is 13.7. The molecule has 0 saturated heterocycles. The van der Waals surface area contributed by atoms with E-state index in [9.17, 15) is 14.0 Å². The highest BCUT2D eigenvalue weighted by Gasteiger charge is 2.29. The van der Waals surface area contributed by atoms with Crippen LogP contribution in [0.1, 0.15) is 55.7 Å². The van der Waals surface area contributed by atoms with Gasteiger partial charge in [-0.05, 0) is 42.2 Å². The lowest BCUT2D eigenvalue weighted by molar-refractivity contribution is -0.140. The van der Waals surface area contributed by atoms with Crippen LogP contribution < -0.4 is 5.32 Å². The number of hydrogen-bond acceptors (Lipinski definition) is 2. The lowest BCUT2D eigenvalue weighted by Crippen LogP contribution is -2.48. The van der Waals surface area contributed by atoms with Crippen LogP contribution in [-0.4, -0.2) is 29.3 Å². The number of hydrogen-bond donors (Lipinski definition) is 1. The van der Waals surface area contributed by atoms with E-state index in [1.165, 1.54) is 12.1 Å². The van der Waals surface area contributed by atoms with Crippen LogP contribution in [0.2, 0.25) is 0 Å². The Balaban J connectivity index is 1.87. The van der Waals surface area contributed by atoms with Crippen LogP contribution in [0.5, 0.6) is 0 Å². The summed E-state index contributed by atoms with van der Waals surface area (Å²) in [6.45, 7) is 4.63. The van der Waals surface area contributed by atoms with Gasteiger partial charge in [-0.25, -0.2) is 4.39 Å². The molecule has 34 heavy (non-hydrogen) atoms. The first-order valence-corrected chi connectivity index (χ1v) is 11.9. The Hall–Kier alpha value is -3.47. The normalized spacial score (nSPS) is 11.8. The van der Waals surface area contributed by atoms with Crippen LogP contribution in [0.25, 0.3) is 0 Å². The van der Waals surface area contributed by atoms with E-state index in [0.717, 1.165) is 29.5 Å². The molecule has 0 spiro atoms. The van der Waals surface area contributed by atoms with E-state index >= 15 is 0 Å². The summed E-state index contributed by atoms with van der Waals surface area (Å²) in [7, 11) is 0. The molecule has 0 saturated carbocycles. The minimum Gasteiger partial charge on any atom is -0.354 e. The van der Waals surface area contributed by atoms with Crippen molar-refractivity contribution < 1.29 is 14.0 Å². The van der Waals surface area contributed by atoms with Gasteiger partial charge in [0.15, 0.2) is 0 Å². The Bertz CT molecular complexity index is 999. The van der Waals surface area contributed by atoms with E-state index in [-0.39, 0.29) is 36.5 Å². The summed E-state index contributed by atoms with van der Waals surface area (Å²) in [5.41, 5.74) is 2.87. The fourth-order valence-corrected chi connectivity index (χ4v) is 4.00. The zero-order valence-corrected chi connectivity index (χ0v) is 19.9. The van der Waals surface area contributed by atoms with Crippen molar-refractivity contribution in [2.75, 3.05) is 6.54 Å². The molecule has 5 heteroatoms. The molecule has 0 aliphatic heterocycles. The van der Waals surface area contributed by atoms with E-state index in [1.807, 2.05) is 60.7 Å². The van der Waals surface area contributed by atoms with Crippen molar-refractivity contribution in [3.8, 4) is 0 Å². The van der Waals surface area contributed by atoms with Crippen molar-refractivity contribution in [2.24, 2.45) is 0 Å². The molecule has 1 unspecified atom stereocenters. The molecule has 0 bridgehead atoms. The third kappa shape index (κ3) is 7.01. The van der Waals surface area contributed by atoms with Crippen LogP contribution in [0.15, 0.2) is 84.9 Å². The smallest absolute Gasteiger partial charge is 0.242 e. The minimum atomic E-state index is -0.651. The van der Waals surface area contributed by atoms with E-state index in [4.69, 9.17) is 0 Å². The van der Waals surface area contributed by atoms with E-state index in [2.05, 4.69) is 12.2 Å². The third-order valence-electron chi connectivity index (χ3n) is 6.05. The largest absolute Gasteiger partial charge is 0.354 e. The lowest BCUT2D eigenvalue weighted by Gasteiger charge is -2.30. The van der Waals surface area contributed by atoms with Crippen molar-refractivity contribution >= 4 is 11.8 Å². The van der Waals surface area contributed by atoms with E-state index in [1.54, 1.807) is 24.0 Å². The van der Waals surface area contributed by atoms with Crippen LogP contribution >= 0.6 is 0 Å². The number of amides is 2. The first kappa shape index (κ1) is 25.2. The molecular weight excluding hydrogens is 427 g/mol. The monoisotopic (exact) mass is 460 g/mol. The fourth-order valence-electron chi connectivity index (χ4n) is 4.00. The van der Waals surface area contributed by atoms with Crippen molar-refractivity contribution in [1.82, 2.24) is 10.2 Å². The molecule has 1 N–H and O–H groups in total. The predicted octanol–water partition coefficient (Wildman–Crippen LogP) is 5.68. The number of unbranched alkanes of at least 4 members (excludes halogenated alkanes) is 1. The quantitative estimate of drug-likeness (QED) is 0.374. The number of rotatable bonds is 11. The Morgan fingerprint density at radius 2 is 1.44 bits per heavy atom. The highest BCUT2D eigenvalue weighted by molar-refractivity contribution is 5.87. The summed E-state index contributed by atoms with van der Waals surface area (Å²) in [4.78, 5) is 28.2. The van der Waals surface area contributed by atoms with Crippen LogP contribution in [-0.2, 0) is 16.1 Å². The summed E-state index contributed by atoms with van der Waals surface area (Å²) in [6, 6.07) is 25.3. The molecule has 4 nitrogen and oxygen atoms in total. The molecule has 2 amide bonds. The minimum absolute atomic E-state index is 0.125. The zero-order chi connectivity index (χ0) is 24.3. The van der Waals surface area contributed by atoms with Crippen LogP contribution in [0.3, 0.4) is 0 Å². The summed E-state index contributed by atoms with van der Waals surface area (Å²) < 4.78 is 13.4. The van der Waals surface area contributed by atoms with Gasteiger partial charge in [-0.15, -0.1) is 0 Å². The van der Waals surface area contributed by atoms with Gasteiger partial charge in [0.1, 0.15) is 11.9 Å². The number of nitrogens with zero attached hydrogens (tertiary/aromatic N) is 1. The fraction of sp³-hybridized carbons (Fsp3) is 0.310. The van der Waals surface area contributed by atoms with Gasteiger partial charge in [-0.1, -0.05) is 86.1 Å². The zero-order valence-electron chi connectivity index (χ0n) is 19.9. The number of carbonyl (C=O) groups is 2. The molecule has 0 heterocycles. The van der Waals surface area contributed by atoms with Crippen molar-refractivity contribution in [2.45, 2.75) is 51.6 Å². The molecule has 0 aromatic heterocycles. The predicted molar refractivity (Wildman–Crippen MR) is 134 cm³/mol. The summed E-state index contributed by atoms with van der Waals surface area (Å²) in [5, 5.41) is 2.94. The summed E-state index contributed by atoms with van der Waals surface area (Å²) in [6.07, 6.45) is 2.08. The Morgan fingerprint density at radius 3 is 1.97 bits per heavy atom. The van der Waals surface area contributed by atoms with Crippen molar-refractivity contribution in [3.63, 3.8) is 0 Å². The number of halogens is 1. The van der Waals surface area contributed by atoms with Crippen LogP contribution in [0, 0.1) is 5.82 Å². The van der Waals surface area contributed by atoms with Gasteiger partial charge in [-0.2, -0.15) is 0 Å². The van der Waals surface area contributed by atoms with Gasteiger partial charge in [-0.3, -0.25) is 9.59 Å². The first-order valence-electron chi connectivity index (χ1n) is 11.9. The molecule has 178 valence electrons. The molecule has 0 fully saturated rings. The Kier molecular flexibility index (Phi) is 9.39. The number of carbonyl (C=O) groups excluding carboxylic acids is 2. The maximum atomic E-state index is 13.7. The third-order valence-corrected chi connectivity index (χ3v) is 6.05. The van der Waals surface area contributed by atoms with Gasteiger partial charge in [0.2, 0.25) is 11.8 Å². The van der Waals surface area contributed by atoms with E-state index in [0.29, 0.717) is 6.54 Å². The molecule has 0 aliphatic rings. The number of nitrogens with one attached hydrogen (secondary N) is 1. The summed E-state index contributed by atoms with van der Waals surface area (Å²) >= 11 is 0. The van der Waals surface area contributed by atoms with Gasteiger partial charge in [0.05, 0.1) is 0 Å². The molecule has 0 radical (unpaired) electrons. The average Bonchev–Trinajstić information content (AvgIpc) is 2.87.